The van der Waals surface area contributed by atoms with E-state index in [0.717, 1.165) is 22.2 Å². The van der Waals surface area contributed by atoms with Crippen LogP contribution in [0.5, 0.6) is 0 Å². The molecule has 1 aromatic heterocycles. The number of para-hydroxylation sites is 1. The zero-order valence-electron chi connectivity index (χ0n) is 13.8. The van der Waals surface area contributed by atoms with Gasteiger partial charge >= 0.3 is 0 Å². The predicted octanol–water partition coefficient (Wildman–Crippen LogP) is 5.92. The number of halogens is 1. The van der Waals surface area contributed by atoms with E-state index in [4.69, 9.17) is 0 Å². The molecule has 4 rings (SSSR count). The number of pyridine rings is 1. The number of benzene rings is 3. The summed E-state index contributed by atoms with van der Waals surface area (Å²) >= 11 is 3.30. The van der Waals surface area contributed by atoms with E-state index in [1.54, 1.807) is 18.2 Å². The van der Waals surface area contributed by atoms with E-state index in [1.807, 2.05) is 42.5 Å². The predicted molar refractivity (Wildman–Crippen MR) is 109 cm³/mol. The average molecular weight is 403 g/mol. The Hall–Kier alpha value is -2.98. The molecule has 0 unspecified atom stereocenters. The van der Waals surface area contributed by atoms with Crippen molar-refractivity contribution in [1.29, 1.82) is 0 Å². The summed E-state index contributed by atoms with van der Waals surface area (Å²) in [5.41, 5.74) is 3.19. The van der Waals surface area contributed by atoms with Gasteiger partial charge in [0, 0.05) is 11.3 Å². The van der Waals surface area contributed by atoms with Gasteiger partial charge in [0.25, 0.3) is 5.91 Å². The zero-order chi connectivity index (χ0) is 17.9. The van der Waals surface area contributed by atoms with Gasteiger partial charge < -0.3 is 5.32 Å². The Labute approximate surface area is 159 Å². The highest BCUT2D eigenvalue weighted by molar-refractivity contribution is 9.10. The van der Waals surface area contributed by atoms with Crippen LogP contribution in [-0.2, 0) is 0 Å². The number of amides is 1. The van der Waals surface area contributed by atoms with Gasteiger partial charge in [-0.25, -0.2) is 4.98 Å². The number of carbonyl (C=O) groups is 1. The summed E-state index contributed by atoms with van der Waals surface area (Å²) in [5, 5.41) is 5.31. The number of aromatic nitrogens is 1. The van der Waals surface area contributed by atoms with E-state index in [9.17, 15) is 4.79 Å². The minimum Gasteiger partial charge on any atom is -0.320 e. The number of carbonyl (C=O) groups excluding carboxylic acids is 1. The van der Waals surface area contributed by atoms with Gasteiger partial charge in [-0.15, -0.1) is 0 Å². The summed E-state index contributed by atoms with van der Waals surface area (Å²) < 4.78 is 0.632. The maximum atomic E-state index is 12.6. The summed E-state index contributed by atoms with van der Waals surface area (Å²) in [7, 11) is 0. The van der Waals surface area contributed by atoms with Gasteiger partial charge in [-0.3, -0.25) is 4.79 Å². The molecular formula is C22H15BrN2O. The minimum absolute atomic E-state index is 0.237. The molecule has 0 aliphatic rings. The second kappa shape index (κ2) is 7.10. The summed E-state index contributed by atoms with van der Waals surface area (Å²) in [6.07, 6.45) is 0. The lowest BCUT2D eigenvalue weighted by molar-refractivity contribution is 0.102. The maximum absolute atomic E-state index is 12.6. The maximum Gasteiger partial charge on any atom is 0.274 e. The van der Waals surface area contributed by atoms with Gasteiger partial charge in [0.05, 0.1) is 0 Å². The van der Waals surface area contributed by atoms with Crippen LogP contribution in [0.25, 0.3) is 21.9 Å². The Kier molecular flexibility index (Phi) is 4.50. The average Bonchev–Trinajstić information content (AvgIpc) is 2.68. The van der Waals surface area contributed by atoms with Crippen LogP contribution in [0.3, 0.4) is 0 Å². The second-order valence-corrected chi connectivity index (χ2v) is 6.68. The van der Waals surface area contributed by atoms with Crippen LogP contribution in [0.1, 0.15) is 10.5 Å². The van der Waals surface area contributed by atoms with Crippen molar-refractivity contribution in [3.05, 3.63) is 95.2 Å². The molecule has 3 aromatic carbocycles. The highest BCUT2D eigenvalue weighted by Gasteiger charge is 2.13. The molecule has 0 aliphatic carbocycles. The van der Waals surface area contributed by atoms with Gasteiger partial charge in [-0.2, -0.15) is 0 Å². The molecule has 1 heterocycles. The van der Waals surface area contributed by atoms with Crippen molar-refractivity contribution in [3.63, 3.8) is 0 Å². The SMILES string of the molecule is O=C(Nc1ccccc1-c1cccc2ccccc12)c1cccc(Br)n1. The number of anilines is 1. The lowest BCUT2D eigenvalue weighted by Gasteiger charge is -2.13. The lowest BCUT2D eigenvalue weighted by Crippen LogP contribution is -2.14. The highest BCUT2D eigenvalue weighted by Crippen LogP contribution is 2.33. The van der Waals surface area contributed by atoms with Crippen LogP contribution in [0.2, 0.25) is 0 Å². The molecule has 26 heavy (non-hydrogen) atoms. The number of hydrogen-bond acceptors (Lipinski definition) is 2. The standard InChI is InChI=1S/C22H15BrN2O/c23-21-14-6-13-20(24-21)22(26)25-19-12-4-3-10-18(19)17-11-5-8-15-7-1-2-9-16(15)17/h1-14H,(H,25,26). The largest absolute Gasteiger partial charge is 0.320 e. The van der Waals surface area contributed by atoms with Gasteiger partial charge in [0.1, 0.15) is 10.3 Å². The number of hydrogen-bond donors (Lipinski definition) is 1. The Morgan fingerprint density at radius 1 is 0.769 bits per heavy atom. The second-order valence-electron chi connectivity index (χ2n) is 5.87. The zero-order valence-corrected chi connectivity index (χ0v) is 15.4. The minimum atomic E-state index is -0.237. The Morgan fingerprint density at radius 3 is 2.35 bits per heavy atom. The third-order valence-corrected chi connectivity index (χ3v) is 4.64. The van der Waals surface area contributed by atoms with Gasteiger partial charge in [0.15, 0.2) is 0 Å². The third-order valence-electron chi connectivity index (χ3n) is 4.20. The molecule has 1 amide bonds. The van der Waals surface area contributed by atoms with Crippen molar-refractivity contribution in [2.24, 2.45) is 0 Å². The number of rotatable bonds is 3. The normalized spacial score (nSPS) is 10.7. The van der Waals surface area contributed by atoms with E-state index in [1.165, 1.54) is 5.39 Å². The fourth-order valence-electron chi connectivity index (χ4n) is 3.01. The van der Waals surface area contributed by atoms with E-state index in [2.05, 4.69) is 50.5 Å². The summed E-state index contributed by atoms with van der Waals surface area (Å²) in [4.78, 5) is 16.8. The molecule has 4 heteroatoms. The van der Waals surface area contributed by atoms with Crippen molar-refractivity contribution in [2.45, 2.75) is 0 Å². The van der Waals surface area contributed by atoms with Crippen LogP contribution in [-0.4, -0.2) is 10.9 Å². The van der Waals surface area contributed by atoms with Crippen molar-refractivity contribution in [1.82, 2.24) is 4.98 Å². The molecule has 1 N–H and O–H groups in total. The Balaban J connectivity index is 1.77. The van der Waals surface area contributed by atoms with Crippen LogP contribution in [0.4, 0.5) is 5.69 Å². The molecule has 0 radical (unpaired) electrons. The quantitative estimate of drug-likeness (QED) is 0.432. The molecule has 0 atom stereocenters. The molecule has 3 nitrogen and oxygen atoms in total. The van der Waals surface area contributed by atoms with E-state index >= 15 is 0 Å². The van der Waals surface area contributed by atoms with Gasteiger partial charge in [0.2, 0.25) is 0 Å². The molecule has 0 spiro atoms. The highest BCUT2D eigenvalue weighted by atomic mass is 79.9. The summed E-state index contributed by atoms with van der Waals surface area (Å²) in [5.74, 6) is -0.237. The van der Waals surface area contributed by atoms with Crippen LogP contribution in [0, 0.1) is 0 Å². The van der Waals surface area contributed by atoms with E-state index in [-0.39, 0.29) is 5.91 Å². The van der Waals surface area contributed by atoms with Crippen molar-refractivity contribution < 1.29 is 4.79 Å². The molecule has 0 saturated carbocycles. The van der Waals surface area contributed by atoms with Crippen molar-refractivity contribution >= 4 is 38.3 Å². The summed E-state index contributed by atoms with van der Waals surface area (Å²) in [6.45, 7) is 0. The van der Waals surface area contributed by atoms with Crippen LogP contribution in [0.15, 0.2) is 89.5 Å². The fourth-order valence-corrected chi connectivity index (χ4v) is 3.35. The number of fused-ring (bicyclic) bond motifs is 1. The fraction of sp³-hybridized carbons (Fsp3) is 0. The van der Waals surface area contributed by atoms with E-state index in [0.29, 0.717) is 10.3 Å². The van der Waals surface area contributed by atoms with Gasteiger partial charge in [-0.1, -0.05) is 66.7 Å². The first-order valence-corrected chi connectivity index (χ1v) is 9.03. The van der Waals surface area contributed by atoms with E-state index < -0.39 is 0 Å². The molecule has 0 aliphatic heterocycles. The molecular weight excluding hydrogens is 388 g/mol. The molecule has 0 saturated heterocycles. The van der Waals surface area contributed by atoms with Crippen LogP contribution >= 0.6 is 15.9 Å². The first-order chi connectivity index (χ1) is 12.7. The smallest absolute Gasteiger partial charge is 0.274 e. The molecule has 4 aromatic rings. The Bertz CT molecular complexity index is 1100. The first-order valence-electron chi connectivity index (χ1n) is 8.23. The number of nitrogens with one attached hydrogen (secondary N) is 1. The molecule has 0 fully saturated rings. The third kappa shape index (κ3) is 3.24. The van der Waals surface area contributed by atoms with Crippen molar-refractivity contribution in [2.75, 3.05) is 5.32 Å². The first kappa shape index (κ1) is 16.5. The van der Waals surface area contributed by atoms with Crippen molar-refractivity contribution in [3.8, 4) is 11.1 Å². The molecule has 0 bridgehead atoms. The Morgan fingerprint density at radius 2 is 1.46 bits per heavy atom. The van der Waals surface area contributed by atoms with Crippen LogP contribution < -0.4 is 5.32 Å². The topological polar surface area (TPSA) is 42.0 Å². The lowest BCUT2D eigenvalue weighted by atomic mass is 9.97. The monoisotopic (exact) mass is 402 g/mol. The molecule has 126 valence electrons. The number of nitrogens with zero attached hydrogens (tertiary/aromatic N) is 1. The summed E-state index contributed by atoms with van der Waals surface area (Å²) in [6, 6.07) is 27.5. The van der Waals surface area contributed by atoms with Gasteiger partial charge in [-0.05, 0) is 50.5 Å².